The number of aryl methyl sites for hydroxylation is 1. The van der Waals surface area contributed by atoms with E-state index in [1.165, 1.54) is 75.6 Å². The molecular weight excluding hydrogens is 591 g/mol. The van der Waals surface area contributed by atoms with Gasteiger partial charge in [0.25, 0.3) is 15.7 Å². The van der Waals surface area contributed by atoms with Gasteiger partial charge in [-0.1, -0.05) is 29.8 Å². The maximum atomic E-state index is 14.1. The summed E-state index contributed by atoms with van der Waals surface area (Å²) in [6.45, 7) is 3.96. The number of hydrogen-bond donors (Lipinski definition) is 1. The number of amides is 2. The van der Waals surface area contributed by atoms with Crippen LogP contribution in [0.2, 0.25) is 5.02 Å². The minimum atomic E-state index is -4.65. The maximum absolute atomic E-state index is 14.1. The van der Waals surface area contributed by atoms with Crippen molar-refractivity contribution in [1.29, 1.82) is 0 Å². The Labute approximate surface area is 248 Å². The maximum Gasteiger partial charge on any atom is 0.273 e. The zero-order chi connectivity index (χ0) is 31.2. The summed E-state index contributed by atoms with van der Waals surface area (Å²) in [5, 5.41) is 14.3. The van der Waals surface area contributed by atoms with E-state index in [0.29, 0.717) is 5.56 Å². The summed E-state index contributed by atoms with van der Waals surface area (Å²) in [7, 11) is -3.35. The topological polar surface area (TPSA) is 139 Å². The predicted molar refractivity (Wildman–Crippen MR) is 155 cm³/mol. The Bertz CT molecular complexity index is 1590. The van der Waals surface area contributed by atoms with Gasteiger partial charge in [-0.25, -0.2) is 12.8 Å². The first-order valence-electron chi connectivity index (χ1n) is 12.7. The van der Waals surface area contributed by atoms with E-state index in [4.69, 9.17) is 16.3 Å². The van der Waals surface area contributed by atoms with Crippen molar-refractivity contribution in [1.82, 2.24) is 10.2 Å². The van der Waals surface area contributed by atoms with E-state index in [2.05, 4.69) is 5.32 Å². The Kier molecular flexibility index (Phi) is 10.5. The van der Waals surface area contributed by atoms with Crippen LogP contribution >= 0.6 is 11.6 Å². The monoisotopic (exact) mass is 620 g/mol. The average molecular weight is 621 g/mol. The predicted octanol–water partition coefficient (Wildman–Crippen LogP) is 4.45. The lowest BCUT2D eigenvalue weighted by molar-refractivity contribution is -0.385. The van der Waals surface area contributed by atoms with Gasteiger partial charge >= 0.3 is 0 Å². The van der Waals surface area contributed by atoms with Gasteiger partial charge in [-0.05, 0) is 62.7 Å². The van der Waals surface area contributed by atoms with Gasteiger partial charge in [0, 0.05) is 29.7 Å². The summed E-state index contributed by atoms with van der Waals surface area (Å²) in [5.41, 5.74) is 0.199. The quantitative estimate of drug-likeness (QED) is 0.233. The van der Waals surface area contributed by atoms with Crippen LogP contribution in [0.25, 0.3) is 0 Å². The fourth-order valence-electron chi connectivity index (χ4n) is 4.14. The number of nitrogens with one attached hydrogen (secondary N) is 1. The van der Waals surface area contributed by atoms with Crippen LogP contribution in [0.5, 0.6) is 5.75 Å². The minimum absolute atomic E-state index is 0.0549. The number of hydrogen-bond acceptors (Lipinski definition) is 7. The van der Waals surface area contributed by atoms with Gasteiger partial charge in [0.2, 0.25) is 11.8 Å². The van der Waals surface area contributed by atoms with Crippen molar-refractivity contribution < 1.29 is 32.1 Å². The third-order valence-electron chi connectivity index (χ3n) is 6.44. The lowest BCUT2D eigenvalue weighted by Crippen LogP contribution is -2.51. The van der Waals surface area contributed by atoms with Gasteiger partial charge in [0.15, 0.2) is 0 Å². The molecule has 0 spiro atoms. The van der Waals surface area contributed by atoms with Gasteiger partial charge in [-0.3, -0.25) is 24.0 Å². The van der Waals surface area contributed by atoms with Crippen molar-refractivity contribution in [3.8, 4) is 5.75 Å². The number of sulfonamides is 1. The van der Waals surface area contributed by atoms with Crippen molar-refractivity contribution in [2.75, 3.05) is 24.5 Å². The van der Waals surface area contributed by atoms with Gasteiger partial charge in [-0.15, -0.1) is 0 Å². The van der Waals surface area contributed by atoms with Gasteiger partial charge in [0.1, 0.15) is 24.2 Å². The molecule has 0 saturated carbocycles. The highest BCUT2D eigenvalue weighted by Crippen LogP contribution is 2.36. The van der Waals surface area contributed by atoms with Crippen LogP contribution in [-0.2, 0) is 26.2 Å². The number of likely N-dealkylation sites (N-methyl/N-ethyl adjacent to an activating group) is 1. The fraction of sp³-hybridized carbons (Fsp3) is 0.286. The number of benzene rings is 3. The number of ether oxygens (including phenoxy) is 1. The molecular formula is C28H30ClFN4O7S. The minimum Gasteiger partial charge on any atom is -0.495 e. The Morgan fingerprint density at radius 3 is 2.38 bits per heavy atom. The van der Waals surface area contributed by atoms with Crippen LogP contribution in [-0.4, -0.2) is 56.3 Å². The lowest BCUT2D eigenvalue weighted by atomic mass is 10.1. The van der Waals surface area contributed by atoms with E-state index < -0.39 is 55.7 Å². The Morgan fingerprint density at radius 2 is 1.79 bits per heavy atom. The third kappa shape index (κ3) is 7.34. The first kappa shape index (κ1) is 32.3. The molecule has 0 aliphatic heterocycles. The van der Waals surface area contributed by atoms with Gasteiger partial charge in [-0.2, -0.15) is 0 Å². The van der Waals surface area contributed by atoms with Gasteiger partial charge < -0.3 is 15.0 Å². The molecule has 3 aromatic carbocycles. The zero-order valence-electron chi connectivity index (χ0n) is 23.3. The van der Waals surface area contributed by atoms with E-state index in [9.17, 15) is 32.5 Å². The van der Waals surface area contributed by atoms with Crippen LogP contribution in [0.3, 0.4) is 0 Å². The van der Waals surface area contributed by atoms with Crippen LogP contribution in [0.1, 0.15) is 25.0 Å². The first-order chi connectivity index (χ1) is 19.8. The van der Waals surface area contributed by atoms with Crippen molar-refractivity contribution in [3.63, 3.8) is 0 Å². The molecule has 0 saturated heterocycles. The molecule has 0 fully saturated rings. The molecule has 0 bridgehead atoms. The average Bonchev–Trinajstić information content (AvgIpc) is 2.95. The van der Waals surface area contributed by atoms with Crippen LogP contribution in [0.15, 0.2) is 65.6 Å². The molecule has 1 atom stereocenters. The van der Waals surface area contributed by atoms with Crippen LogP contribution in [0.4, 0.5) is 15.8 Å². The molecule has 0 radical (unpaired) electrons. The number of rotatable bonds is 12. The Morgan fingerprint density at radius 1 is 1.12 bits per heavy atom. The number of halogens is 2. The fourth-order valence-corrected chi connectivity index (χ4v) is 5.74. The van der Waals surface area contributed by atoms with E-state index in [0.717, 1.165) is 15.3 Å². The molecule has 11 nitrogen and oxygen atoms in total. The van der Waals surface area contributed by atoms with E-state index in [1.807, 2.05) is 0 Å². The number of nitro groups is 1. The number of carbonyl (C=O) groups is 2. The standard InChI is InChI=1S/C28H30ClFN4O7S/c1-5-31-28(36)19(3)32(16-20-7-10-22(30)11-8-20)27(35)17-33(25-14-21(29)9-13-26(25)41-4)42(39,40)23-12-6-18(2)24(15-23)34(37)38/h6-15,19H,5,16-17H2,1-4H3,(H,31,36)/t19-/m0/s1. The largest absolute Gasteiger partial charge is 0.495 e. The molecule has 0 aromatic heterocycles. The summed E-state index contributed by atoms with van der Waals surface area (Å²) in [6, 6.07) is 11.8. The van der Waals surface area contributed by atoms with E-state index >= 15 is 0 Å². The molecule has 2 amide bonds. The molecule has 0 aliphatic rings. The third-order valence-corrected chi connectivity index (χ3v) is 8.43. The zero-order valence-corrected chi connectivity index (χ0v) is 24.9. The lowest BCUT2D eigenvalue weighted by Gasteiger charge is -2.32. The SMILES string of the molecule is CCNC(=O)[C@H](C)N(Cc1ccc(F)cc1)C(=O)CN(c1cc(Cl)ccc1OC)S(=O)(=O)c1ccc(C)c([N+](=O)[O-])c1. The van der Waals surface area contributed by atoms with Crippen molar-refractivity contribution in [2.45, 2.75) is 38.3 Å². The molecule has 42 heavy (non-hydrogen) atoms. The second kappa shape index (κ2) is 13.6. The van der Waals surface area contributed by atoms with Crippen LogP contribution in [0, 0.1) is 22.9 Å². The second-order valence-electron chi connectivity index (χ2n) is 9.25. The van der Waals surface area contributed by atoms with Crippen LogP contribution < -0.4 is 14.4 Å². The second-order valence-corrected chi connectivity index (χ2v) is 11.6. The molecule has 0 heterocycles. The number of carbonyl (C=O) groups excluding carboxylic acids is 2. The Hall–Kier alpha value is -4.23. The summed E-state index contributed by atoms with van der Waals surface area (Å²) in [6.07, 6.45) is 0. The molecule has 0 unspecified atom stereocenters. The molecule has 3 aromatic rings. The number of nitrogens with zero attached hydrogens (tertiary/aromatic N) is 3. The Balaban J connectivity index is 2.16. The molecule has 0 aliphatic carbocycles. The summed E-state index contributed by atoms with van der Waals surface area (Å²) >= 11 is 6.20. The van der Waals surface area contributed by atoms with Crippen molar-refractivity contribution in [3.05, 3.63) is 92.7 Å². The van der Waals surface area contributed by atoms with Crippen molar-refractivity contribution >= 4 is 44.8 Å². The summed E-state index contributed by atoms with van der Waals surface area (Å²) in [4.78, 5) is 38.3. The normalized spacial score (nSPS) is 11.9. The highest BCUT2D eigenvalue weighted by molar-refractivity contribution is 7.92. The van der Waals surface area contributed by atoms with E-state index in [1.54, 1.807) is 6.92 Å². The molecule has 14 heteroatoms. The number of nitro benzene ring substituents is 1. The summed E-state index contributed by atoms with van der Waals surface area (Å²) in [5.74, 6) is -1.72. The molecule has 1 N–H and O–H groups in total. The molecule has 3 rings (SSSR count). The van der Waals surface area contributed by atoms with Crippen molar-refractivity contribution in [2.24, 2.45) is 0 Å². The first-order valence-corrected chi connectivity index (χ1v) is 14.5. The van der Waals surface area contributed by atoms with Gasteiger partial charge in [0.05, 0.1) is 22.6 Å². The summed E-state index contributed by atoms with van der Waals surface area (Å²) < 4.78 is 47.8. The number of methoxy groups -OCH3 is 1. The smallest absolute Gasteiger partial charge is 0.273 e. The molecule has 224 valence electrons. The highest BCUT2D eigenvalue weighted by Gasteiger charge is 2.34. The number of anilines is 1. The highest BCUT2D eigenvalue weighted by atomic mass is 35.5. The van der Waals surface area contributed by atoms with E-state index in [-0.39, 0.29) is 35.1 Å².